The van der Waals surface area contributed by atoms with Gasteiger partial charge in [0.2, 0.25) is 0 Å². The number of hydrogen-bond acceptors (Lipinski definition) is 2. The Morgan fingerprint density at radius 2 is 2.20 bits per heavy atom. The van der Waals surface area contributed by atoms with Gasteiger partial charge in [-0.05, 0) is 36.8 Å². The monoisotopic (exact) mass is 223 g/mol. The minimum atomic E-state index is 0.311. The minimum absolute atomic E-state index is 0.311. The number of benzene rings is 1. The number of thioether (sulfide) groups is 1. The summed E-state index contributed by atoms with van der Waals surface area (Å²) in [6.07, 6.45) is 2.12. The number of rotatable bonds is 6. The number of aryl methyl sites for hydroxylation is 1. The third kappa shape index (κ3) is 5.24. The first-order chi connectivity index (χ1) is 7.22. The molecule has 2 heteroatoms. The zero-order valence-electron chi connectivity index (χ0n) is 9.70. The quantitative estimate of drug-likeness (QED) is 0.750. The predicted molar refractivity (Wildman–Crippen MR) is 70.5 cm³/mol. The molecule has 0 spiro atoms. The highest BCUT2D eigenvalue weighted by Crippen LogP contribution is 2.09. The summed E-state index contributed by atoms with van der Waals surface area (Å²) in [7, 11) is 0. The molecule has 1 nitrogen and oxygen atoms in total. The van der Waals surface area contributed by atoms with Crippen molar-refractivity contribution in [1.29, 1.82) is 0 Å². The summed E-state index contributed by atoms with van der Waals surface area (Å²) >= 11 is 1.97. The largest absolute Gasteiger partial charge is 0.327 e. The Balaban J connectivity index is 2.34. The van der Waals surface area contributed by atoms with Crippen molar-refractivity contribution in [2.75, 3.05) is 11.5 Å². The summed E-state index contributed by atoms with van der Waals surface area (Å²) < 4.78 is 0. The van der Waals surface area contributed by atoms with Crippen LogP contribution >= 0.6 is 11.8 Å². The molecular weight excluding hydrogens is 202 g/mol. The molecule has 0 aliphatic rings. The van der Waals surface area contributed by atoms with Crippen LogP contribution in [0.3, 0.4) is 0 Å². The second-order valence-corrected chi connectivity index (χ2v) is 5.33. The molecular formula is C13H21NS. The van der Waals surface area contributed by atoms with Crippen molar-refractivity contribution in [2.24, 2.45) is 5.73 Å². The molecule has 0 aliphatic carbocycles. The van der Waals surface area contributed by atoms with E-state index >= 15 is 0 Å². The topological polar surface area (TPSA) is 26.0 Å². The fourth-order valence-corrected chi connectivity index (χ4v) is 2.38. The molecule has 0 saturated heterocycles. The van der Waals surface area contributed by atoms with Gasteiger partial charge in [0, 0.05) is 6.04 Å². The Labute approximate surface area is 97.4 Å². The van der Waals surface area contributed by atoms with Crippen LogP contribution in [0.25, 0.3) is 0 Å². The highest BCUT2D eigenvalue weighted by Gasteiger charge is 2.03. The molecule has 0 heterocycles. The molecule has 1 unspecified atom stereocenters. The van der Waals surface area contributed by atoms with Crippen LogP contribution < -0.4 is 5.73 Å². The Bertz CT molecular complexity index is 286. The van der Waals surface area contributed by atoms with E-state index < -0.39 is 0 Å². The van der Waals surface area contributed by atoms with E-state index in [9.17, 15) is 0 Å². The Morgan fingerprint density at radius 1 is 1.40 bits per heavy atom. The first-order valence-corrected chi connectivity index (χ1v) is 6.76. The van der Waals surface area contributed by atoms with E-state index in [0.717, 1.165) is 12.8 Å². The van der Waals surface area contributed by atoms with Gasteiger partial charge in [-0.1, -0.05) is 36.8 Å². The van der Waals surface area contributed by atoms with Crippen molar-refractivity contribution in [3.05, 3.63) is 35.4 Å². The van der Waals surface area contributed by atoms with E-state index in [1.165, 1.54) is 22.6 Å². The third-order valence-electron chi connectivity index (χ3n) is 2.42. The van der Waals surface area contributed by atoms with E-state index in [0.29, 0.717) is 6.04 Å². The maximum atomic E-state index is 6.08. The lowest BCUT2D eigenvalue weighted by Gasteiger charge is -2.11. The molecule has 0 bridgehead atoms. The van der Waals surface area contributed by atoms with Crippen LogP contribution in [-0.2, 0) is 6.42 Å². The number of nitrogens with two attached hydrogens (primary N) is 1. The summed E-state index contributed by atoms with van der Waals surface area (Å²) in [6, 6.07) is 8.94. The molecule has 0 aliphatic heterocycles. The molecule has 0 aromatic heterocycles. The predicted octanol–water partition coefficient (Wildman–Crippen LogP) is 3.01. The highest BCUT2D eigenvalue weighted by molar-refractivity contribution is 7.99. The van der Waals surface area contributed by atoms with Gasteiger partial charge in [-0.15, -0.1) is 0 Å². The van der Waals surface area contributed by atoms with Crippen molar-refractivity contribution >= 4 is 11.8 Å². The smallest absolute Gasteiger partial charge is 0.00871 e. The van der Waals surface area contributed by atoms with Gasteiger partial charge in [0.1, 0.15) is 0 Å². The Morgan fingerprint density at radius 3 is 2.87 bits per heavy atom. The van der Waals surface area contributed by atoms with Crippen LogP contribution in [0.2, 0.25) is 0 Å². The summed E-state index contributed by atoms with van der Waals surface area (Å²) in [5.74, 6) is 2.38. The molecule has 0 fully saturated rings. The average molecular weight is 223 g/mol. The fourth-order valence-electron chi connectivity index (χ4n) is 1.62. The first-order valence-electron chi connectivity index (χ1n) is 5.61. The van der Waals surface area contributed by atoms with Gasteiger partial charge < -0.3 is 5.73 Å². The zero-order valence-corrected chi connectivity index (χ0v) is 10.5. The van der Waals surface area contributed by atoms with Gasteiger partial charge in [0.25, 0.3) is 0 Å². The number of hydrogen-bond donors (Lipinski definition) is 1. The van der Waals surface area contributed by atoms with Gasteiger partial charge in [0.15, 0.2) is 0 Å². The molecule has 84 valence electrons. The second-order valence-electron chi connectivity index (χ2n) is 3.94. The van der Waals surface area contributed by atoms with E-state index in [4.69, 9.17) is 5.73 Å². The molecule has 1 aromatic rings. The fraction of sp³-hybridized carbons (Fsp3) is 0.538. The molecule has 0 amide bonds. The molecule has 1 rings (SSSR count). The van der Waals surface area contributed by atoms with E-state index in [1.807, 2.05) is 11.8 Å². The second kappa shape index (κ2) is 6.91. The van der Waals surface area contributed by atoms with Crippen LogP contribution in [0.15, 0.2) is 24.3 Å². The van der Waals surface area contributed by atoms with Gasteiger partial charge in [-0.2, -0.15) is 11.8 Å². The lowest BCUT2D eigenvalue weighted by atomic mass is 10.0. The van der Waals surface area contributed by atoms with Crippen LogP contribution in [-0.4, -0.2) is 17.5 Å². The molecule has 1 aromatic carbocycles. The standard InChI is InChI=1S/C13H21NS/c1-3-15-8-7-13(14)10-12-6-4-5-11(2)9-12/h4-6,9,13H,3,7-8,10,14H2,1-2H3. The summed E-state index contributed by atoms with van der Waals surface area (Å²) in [5, 5.41) is 0. The van der Waals surface area contributed by atoms with E-state index in [2.05, 4.69) is 38.1 Å². The van der Waals surface area contributed by atoms with Crippen molar-refractivity contribution < 1.29 is 0 Å². The zero-order chi connectivity index (χ0) is 11.1. The Kier molecular flexibility index (Phi) is 5.81. The van der Waals surface area contributed by atoms with Crippen LogP contribution in [0.4, 0.5) is 0 Å². The van der Waals surface area contributed by atoms with Crippen molar-refractivity contribution in [3.63, 3.8) is 0 Å². The third-order valence-corrected chi connectivity index (χ3v) is 3.35. The Hall–Kier alpha value is -0.470. The van der Waals surface area contributed by atoms with Crippen LogP contribution in [0.5, 0.6) is 0 Å². The average Bonchev–Trinajstić information content (AvgIpc) is 2.18. The molecule has 1 atom stereocenters. The SMILES string of the molecule is CCSCCC(N)Cc1cccc(C)c1. The molecule has 0 saturated carbocycles. The van der Waals surface area contributed by atoms with Crippen LogP contribution in [0, 0.1) is 6.92 Å². The summed E-state index contributed by atoms with van der Waals surface area (Å²) in [6.45, 7) is 4.32. The van der Waals surface area contributed by atoms with Crippen molar-refractivity contribution in [2.45, 2.75) is 32.7 Å². The molecule has 0 radical (unpaired) electrons. The maximum absolute atomic E-state index is 6.08. The van der Waals surface area contributed by atoms with Gasteiger partial charge in [-0.25, -0.2) is 0 Å². The summed E-state index contributed by atoms with van der Waals surface area (Å²) in [4.78, 5) is 0. The van der Waals surface area contributed by atoms with Crippen molar-refractivity contribution in [3.8, 4) is 0 Å². The van der Waals surface area contributed by atoms with Gasteiger partial charge >= 0.3 is 0 Å². The van der Waals surface area contributed by atoms with E-state index in [1.54, 1.807) is 0 Å². The van der Waals surface area contributed by atoms with E-state index in [-0.39, 0.29) is 0 Å². The van der Waals surface area contributed by atoms with Gasteiger partial charge in [-0.3, -0.25) is 0 Å². The minimum Gasteiger partial charge on any atom is -0.327 e. The van der Waals surface area contributed by atoms with Crippen molar-refractivity contribution in [1.82, 2.24) is 0 Å². The molecule has 2 N–H and O–H groups in total. The normalized spacial score (nSPS) is 12.7. The summed E-state index contributed by atoms with van der Waals surface area (Å²) in [5.41, 5.74) is 8.77. The molecule has 15 heavy (non-hydrogen) atoms. The lowest BCUT2D eigenvalue weighted by Crippen LogP contribution is -2.23. The highest BCUT2D eigenvalue weighted by atomic mass is 32.2. The maximum Gasteiger partial charge on any atom is 0.00871 e. The van der Waals surface area contributed by atoms with Gasteiger partial charge in [0.05, 0.1) is 0 Å². The van der Waals surface area contributed by atoms with Crippen LogP contribution in [0.1, 0.15) is 24.5 Å². The lowest BCUT2D eigenvalue weighted by molar-refractivity contribution is 0.651. The first kappa shape index (κ1) is 12.6.